The molecule has 2 aromatic rings. The summed E-state index contributed by atoms with van der Waals surface area (Å²) in [5.74, 6) is -0.233. The normalized spacial score (nSPS) is 17.4. The molecule has 0 aliphatic carbocycles. The number of hydrogen-bond acceptors (Lipinski definition) is 5. The van der Waals surface area contributed by atoms with Gasteiger partial charge in [-0.2, -0.15) is 0 Å². The second kappa shape index (κ2) is 12.2. The highest BCUT2D eigenvalue weighted by molar-refractivity contribution is 5.93. The number of esters is 1. The summed E-state index contributed by atoms with van der Waals surface area (Å²) < 4.78 is 11.4. The number of ether oxygens (including phenoxy) is 2. The molecule has 2 amide bonds. The van der Waals surface area contributed by atoms with Crippen molar-refractivity contribution in [3.8, 4) is 5.75 Å². The molecule has 3 atom stereocenters. The Bertz CT molecular complexity index is 978. The quantitative estimate of drug-likeness (QED) is 0.542. The fraction of sp³-hybridized carbons (Fsp3) is 0.444. The number of benzene rings is 2. The Balaban J connectivity index is 1.61. The molecule has 1 N–H and O–H groups in total. The van der Waals surface area contributed by atoms with E-state index in [1.165, 1.54) is 4.90 Å². The van der Waals surface area contributed by atoms with Crippen molar-refractivity contribution in [1.29, 1.82) is 0 Å². The first kappa shape index (κ1) is 25.3. The summed E-state index contributed by atoms with van der Waals surface area (Å²) in [5.41, 5.74) is 2.10. The molecule has 1 fully saturated rings. The highest BCUT2D eigenvalue weighted by atomic mass is 16.5. The van der Waals surface area contributed by atoms with Gasteiger partial charge in [-0.05, 0) is 36.5 Å². The maximum absolute atomic E-state index is 13.3. The number of hydrogen-bond donors (Lipinski definition) is 1. The lowest BCUT2D eigenvalue weighted by Crippen LogP contribution is -2.60. The molecule has 0 bridgehead atoms. The summed E-state index contributed by atoms with van der Waals surface area (Å²) in [4.78, 5) is 39.7. The molecular weight excluding hydrogens is 432 g/mol. The highest BCUT2D eigenvalue weighted by Crippen LogP contribution is 2.29. The Labute approximate surface area is 201 Å². The molecule has 1 saturated heterocycles. The molecule has 3 unspecified atom stereocenters. The molecule has 0 spiro atoms. The van der Waals surface area contributed by atoms with Crippen molar-refractivity contribution < 1.29 is 23.9 Å². The number of carbonyl (C=O) groups is 3. The summed E-state index contributed by atoms with van der Waals surface area (Å²) in [6, 6.07) is 16.5. The Morgan fingerprint density at radius 1 is 1.09 bits per heavy atom. The maximum Gasteiger partial charge on any atom is 0.308 e. The van der Waals surface area contributed by atoms with Crippen LogP contribution in [0.4, 0.5) is 0 Å². The topological polar surface area (TPSA) is 84.9 Å². The van der Waals surface area contributed by atoms with Crippen molar-refractivity contribution in [2.45, 2.75) is 58.1 Å². The van der Waals surface area contributed by atoms with E-state index in [0.717, 1.165) is 17.5 Å². The Hall–Kier alpha value is -3.35. The number of amides is 2. The van der Waals surface area contributed by atoms with E-state index in [0.29, 0.717) is 25.3 Å². The van der Waals surface area contributed by atoms with Gasteiger partial charge in [0.15, 0.2) is 6.10 Å². The predicted molar refractivity (Wildman–Crippen MR) is 129 cm³/mol. The van der Waals surface area contributed by atoms with Crippen molar-refractivity contribution in [3.05, 3.63) is 65.7 Å². The molecule has 1 aliphatic heterocycles. The summed E-state index contributed by atoms with van der Waals surface area (Å²) in [6.07, 6.45) is 0.547. The lowest BCUT2D eigenvalue weighted by molar-refractivity contribution is -0.154. The second-order valence-electron chi connectivity index (χ2n) is 8.61. The number of nitrogens with one attached hydrogen (secondary N) is 1. The first-order valence-electron chi connectivity index (χ1n) is 11.9. The number of para-hydroxylation sites is 1. The Morgan fingerprint density at radius 2 is 1.79 bits per heavy atom. The minimum absolute atomic E-state index is 0.192. The smallest absolute Gasteiger partial charge is 0.308 e. The van der Waals surface area contributed by atoms with Gasteiger partial charge in [0.25, 0.3) is 5.91 Å². The van der Waals surface area contributed by atoms with Crippen molar-refractivity contribution in [1.82, 2.24) is 10.2 Å². The lowest BCUT2D eigenvalue weighted by atomic mass is 9.98. The third-order valence-corrected chi connectivity index (χ3v) is 6.18. The van der Waals surface area contributed by atoms with Crippen molar-refractivity contribution >= 4 is 17.8 Å². The fourth-order valence-corrected chi connectivity index (χ4v) is 4.01. The summed E-state index contributed by atoms with van der Waals surface area (Å²) in [7, 11) is 0. The van der Waals surface area contributed by atoms with Crippen molar-refractivity contribution in [3.63, 3.8) is 0 Å². The zero-order chi connectivity index (χ0) is 24.5. The van der Waals surface area contributed by atoms with Crippen LogP contribution < -0.4 is 10.1 Å². The average Bonchev–Trinajstić information content (AvgIpc) is 2.85. The zero-order valence-electron chi connectivity index (χ0n) is 20.2. The summed E-state index contributed by atoms with van der Waals surface area (Å²) >= 11 is 0. The summed E-state index contributed by atoms with van der Waals surface area (Å²) in [6.45, 7) is 6.76. The minimum Gasteiger partial charge on any atom is -0.481 e. The van der Waals surface area contributed by atoms with Crippen molar-refractivity contribution in [2.75, 3.05) is 19.7 Å². The van der Waals surface area contributed by atoms with Gasteiger partial charge in [0.05, 0.1) is 13.0 Å². The van der Waals surface area contributed by atoms with Crippen LogP contribution in [0.5, 0.6) is 5.75 Å². The number of piperazine rings is 1. The van der Waals surface area contributed by atoms with Gasteiger partial charge in [-0.15, -0.1) is 0 Å². The molecule has 34 heavy (non-hydrogen) atoms. The van der Waals surface area contributed by atoms with Crippen LogP contribution in [0.1, 0.15) is 50.7 Å². The number of rotatable bonds is 10. The van der Waals surface area contributed by atoms with E-state index in [4.69, 9.17) is 9.47 Å². The molecule has 3 rings (SSSR count). The van der Waals surface area contributed by atoms with Gasteiger partial charge in [0, 0.05) is 19.5 Å². The van der Waals surface area contributed by atoms with E-state index in [2.05, 4.69) is 19.2 Å². The van der Waals surface area contributed by atoms with Gasteiger partial charge < -0.3 is 19.7 Å². The first-order chi connectivity index (χ1) is 16.4. The van der Waals surface area contributed by atoms with Crippen LogP contribution in [0.25, 0.3) is 0 Å². The number of nitrogens with zero attached hydrogens (tertiary/aromatic N) is 1. The van der Waals surface area contributed by atoms with Gasteiger partial charge in [-0.1, -0.05) is 62.4 Å². The molecule has 2 aromatic carbocycles. The summed E-state index contributed by atoms with van der Waals surface area (Å²) in [5, 5.41) is 2.74. The lowest BCUT2D eigenvalue weighted by Gasteiger charge is -2.36. The van der Waals surface area contributed by atoms with E-state index < -0.39 is 18.1 Å². The van der Waals surface area contributed by atoms with Crippen molar-refractivity contribution in [2.24, 2.45) is 0 Å². The molecule has 0 radical (unpaired) electrons. The third-order valence-electron chi connectivity index (χ3n) is 6.18. The Morgan fingerprint density at radius 3 is 2.53 bits per heavy atom. The molecule has 0 saturated carbocycles. The standard InChI is InChI=1S/C27H34N2O5/c1-4-19(2)22-12-8-9-13-24(22)34-20(3)27(32)29-16-15-28-26(31)23(29)18-25(30)33-17-14-21-10-6-5-7-11-21/h5-13,19-20,23H,4,14-18H2,1-3H3,(H,28,31). The number of carbonyl (C=O) groups excluding carboxylic acids is 3. The van der Waals surface area contributed by atoms with E-state index >= 15 is 0 Å². The Kier molecular flexibility index (Phi) is 9.08. The van der Waals surface area contributed by atoms with Gasteiger partial charge in [0.2, 0.25) is 5.91 Å². The van der Waals surface area contributed by atoms with Crippen LogP contribution in [0.2, 0.25) is 0 Å². The molecule has 7 nitrogen and oxygen atoms in total. The van der Waals surface area contributed by atoms with Crippen LogP contribution in [0.15, 0.2) is 54.6 Å². The van der Waals surface area contributed by atoms with Gasteiger partial charge in [0.1, 0.15) is 11.8 Å². The molecule has 0 aromatic heterocycles. The predicted octanol–water partition coefficient (Wildman–Crippen LogP) is 3.47. The van der Waals surface area contributed by atoms with Gasteiger partial charge in [-0.25, -0.2) is 0 Å². The monoisotopic (exact) mass is 466 g/mol. The third kappa shape index (κ3) is 6.59. The first-order valence-corrected chi connectivity index (χ1v) is 11.9. The minimum atomic E-state index is -0.915. The SMILES string of the molecule is CCC(C)c1ccccc1OC(C)C(=O)N1CCNC(=O)C1CC(=O)OCCc1ccccc1. The largest absolute Gasteiger partial charge is 0.481 e. The average molecular weight is 467 g/mol. The van der Waals surface area contributed by atoms with E-state index in [-0.39, 0.29) is 30.8 Å². The molecule has 1 heterocycles. The van der Waals surface area contributed by atoms with E-state index in [9.17, 15) is 14.4 Å². The van der Waals surface area contributed by atoms with Gasteiger partial charge in [-0.3, -0.25) is 14.4 Å². The van der Waals surface area contributed by atoms with Crippen LogP contribution in [0.3, 0.4) is 0 Å². The van der Waals surface area contributed by atoms with Crippen LogP contribution >= 0.6 is 0 Å². The highest BCUT2D eigenvalue weighted by Gasteiger charge is 2.37. The van der Waals surface area contributed by atoms with Crippen LogP contribution in [-0.4, -0.2) is 54.5 Å². The van der Waals surface area contributed by atoms with Gasteiger partial charge >= 0.3 is 5.97 Å². The molecule has 7 heteroatoms. The molecule has 182 valence electrons. The van der Waals surface area contributed by atoms with Crippen LogP contribution in [-0.2, 0) is 25.5 Å². The van der Waals surface area contributed by atoms with E-state index in [1.807, 2.05) is 54.6 Å². The van der Waals surface area contributed by atoms with Crippen LogP contribution in [0, 0.1) is 0 Å². The molecule has 1 aliphatic rings. The fourth-order valence-electron chi connectivity index (χ4n) is 4.01. The maximum atomic E-state index is 13.3. The zero-order valence-corrected chi connectivity index (χ0v) is 20.2. The molecular formula is C27H34N2O5. The second-order valence-corrected chi connectivity index (χ2v) is 8.61. The van der Waals surface area contributed by atoms with E-state index in [1.54, 1.807) is 6.92 Å².